The van der Waals surface area contributed by atoms with Gasteiger partial charge in [0, 0.05) is 32.6 Å². The van der Waals surface area contributed by atoms with Crippen LogP contribution in [0.15, 0.2) is 47.8 Å². The van der Waals surface area contributed by atoms with Crippen molar-refractivity contribution in [3.63, 3.8) is 0 Å². The van der Waals surface area contributed by atoms with Crippen LogP contribution < -0.4 is 0 Å². The summed E-state index contributed by atoms with van der Waals surface area (Å²) in [6, 6.07) is 13.9. The van der Waals surface area contributed by atoms with Crippen LogP contribution in [0, 0.1) is 11.8 Å². The van der Waals surface area contributed by atoms with E-state index in [2.05, 4.69) is 12.1 Å². The first-order valence-corrected chi connectivity index (χ1v) is 9.23. The van der Waals surface area contributed by atoms with Crippen molar-refractivity contribution in [1.29, 1.82) is 0 Å². The van der Waals surface area contributed by atoms with E-state index in [4.69, 9.17) is 0 Å². The minimum absolute atomic E-state index is 0.112. The van der Waals surface area contributed by atoms with Crippen molar-refractivity contribution in [2.45, 2.75) is 13.0 Å². The van der Waals surface area contributed by atoms with Crippen LogP contribution in [0.1, 0.15) is 21.7 Å². The van der Waals surface area contributed by atoms with Crippen molar-refractivity contribution in [2.24, 2.45) is 11.8 Å². The van der Waals surface area contributed by atoms with Crippen molar-refractivity contribution in [3.8, 4) is 0 Å². The smallest absolute Gasteiger partial charge is 0.263 e. The highest BCUT2D eigenvalue weighted by molar-refractivity contribution is 7.12. The molecule has 2 aliphatic heterocycles. The maximum absolute atomic E-state index is 12.5. The lowest BCUT2D eigenvalue weighted by Crippen LogP contribution is -2.43. The number of nitrogens with zero attached hydrogens (tertiary/aromatic N) is 2. The van der Waals surface area contributed by atoms with Gasteiger partial charge in [0.1, 0.15) is 0 Å². The summed E-state index contributed by atoms with van der Waals surface area (Å²) < 4.78 is 0. The fourth-order valence-corrected chi connectivity index (χ4v) is 4.48. The monoisotopic (exact) mass is 340 g/mol. The highest BCUT2D eigenvalue weighted by Gasteiger charge is 2.42. The molecule has 0 radical (unpaired) electrons. The van der Waals surface area contributed by atoms with Crippen molar-refractivity contribution < 1.29 is 9.59 Å². The maximum Gasteiger partial charge on any atom is 0.263 e. The van der Waals surface area contributed by atoms with Crippen LogP contribution in [-0.4, -0.2) is 41.2 Å². The third-order valence-corrected chi connectivity index (χ3v) is 5.91. The molecular weight excluding hydrogens is 320 g/mol. The molecule has 0 N–H and O–H groups in total. The number of hydrogen-bond acceptors (Lipinski definition) is 3. The molecule has 2 amide bonds. The van der Waals surface area contributed by atoms with Crippen LogP contribution in [0.3, 0.4) is 0 Å². The van der Waals surface area contributed by atoms with E-state index in [1.165, 1.54) is 11.3 Å². The van der Waals surface area contributed by atoms with Gasteiger partial charge in [-0.1, -0.05) is 36.4 Å². The predicted molar refractivity (Wildman–Crippen MR) is 93.7 cm³/mol. The molecule has 124 valence electrons. The summed E-state index contributed by atoms with van der Waals surface area (Å²) in [5.74, 6) is 1.04. The number of amides is 2. The Bertz CT molecular complexity index is 729. The van der Waals surface area contributed by atoms with E-state index in [9.17, 15) is 9.59 Å². The lowest BCUT2D eigenvalue weighted by atomic mass is 9.88. The minimum Gasteiger partial charge on any atom is -0.338 e. The molecule has 2 fully saturated rings. The Labute approximate surface area is 145 Å². The van der Waals surface area contributed by atoms with Gasteiger partial charge in [-0.05, 0) is 28.8 Å². The normalized spacial score (nSPS) is 23.4. The Balaban J connectivity index is 1.43. The van der Waals surface area contributed by atoms with Gasteiger partial charge in [0.15, 0.2) is 0 Å². The molecule has 0 saturated carbocycles. The Kier molecular flexibility index (Phi) is 4.10. The van der Waals surface area contributed by atoms with Gasteiger partial charge in [0.2, 0.25) is 5.91 Å². The summed E-state index contributed by atoms with van der Waals surface area (Å²) in [6.07, 6.45) is 0.561. The maximum atomic E-state index is 12.5. The van der Waals surface area contributed by atoms with Gasteiger partial charge >= 0.3 is 0 Å². The Hall–Kier alpha value is -2.14. The van der Waals surface area contributed by atoms with Crippen molar-refractivity contribution in [1.82, 2.24) is 9.80 Å². The van der Waals surface area contributed by atoms with Gasteiger partial charge in [-0.2, -0.15) is 0 Å². The molecule has 2 aromatic rings. The van der Waals surface area contributed by atoms with Crippen LogP contribution in [-0.2, 0) is 11.3 Å². The molecule has 5 heteroatoms. The molecule has 0 spiro atoms. The Morgan fingerprint density at radius 3 is 2.58 bits per heavy atom. The van der Waals surface area contributed by atoms with Gasteiger partial charge in [0.05, 0.1) is 4.88 Å². The highest BCUT2D eigenvalue weighted by Crippen LogP contribution is 2.33. The molecular formula is C19H20N2O2S. The lowest BCUT2D eigenvalue weighted by Gasteiger charge is -2.34. The average Bonchev–Trinajstić information content (AvgIpc) is 3.25. The average molecular weight is 340 g/mol. The summed E-state index contributed by atoms with van der Waals surface area (Å²) >= 11 is 1.49. The second-order valence-electron chi connectivity index (χ2n) is 6.67. The molecule has 24 heavy (non-hydrogen) atoms. The van der Waals surface area contributed by atoms with E-state index in [0.29, 0.717) is 31.3 Å². The quantitative estimate of drug-likeness (QED) is 0.862. The van der Waals surface area contributed by atoms with Crippen LogP contribution >= 0.6 is 11.3 Å². The number of rotatable bonds is 3. The zero-order valence-corrected chi connectivity index (χ0v) is 14.2. The zero-order chi connectivity index (χ0) is 16.5. The third-order valence-electron chi connectivity index (χ3n) is 5.06. The summed E-state index contributed by atoms with van der Waals surface area (Å²) in [5.41, 5.74) is 1.16. The molecule has 0 aliphatic carbocycles. The van der Waals surface area contributed by atoms with Crippen LogP contribution in [0.25, 0.3) is 0 Å². The van der Waals surface area contributed by atoms with E-state index < -0.39 is 0 Å². The molecule has 4 nitrogen and oxygen atoms in total. The number of benzene rings is 1. The first kappa shape index (κ1) is 15.4. The molecule has 3 heterocycles. The number of carbonyl (C=O) groups excluding carboxylic acids is 2. The highest BCUT2D eigenvalue weighted by atomic mass is 32.1. The first-order valence-electron chi connectivity index (χ1n) is 8.35. The second-order valence-corrected chi connectivity index (χ2v) is 7.62. The molecule has 0 unspecified atom stereocenters. The molecule has 2 saturated heterocycles. The van der Waals surface area contributed by atoms with E-state index in [1.54, 1.807) is 0 Å². The van der Waals surface area contributed by atoms with Gasteiger partial charge in [-0.25, -0.2) is 0 Å². The third kappa shape index (κ3) is 2.96. The Morgan fingerprint density at radius 1 is 1.04 bits per heavy atom. The first-order chi connectivity index (χ1) is 11.7. The molecule has 4 rings (SSSR count). The summed E-state index contributed by atoms with van der Waals surface area (Å²) in [6.45, 7) is 2.90. The molecule has 1 aromatic heterocycles. The van der Waals surface area contributed by atoms with Gasteiger partial charge in [-0.15, -0.1) is 11.3 Å². The lowest BCUT2D eigenvalue weighted by molar-refractivity contribution is -0.136. The largest absolute Gasteiger partial charge is 0.338 e. The van der Waals surface area contributed by atoms with E-state index in [0.717, 1.165) is 23.5 Å². The summed E-state index contributed by atoms with van der Waals surface area (Å²) in [5, 5.41) is 1.93. The standard InChI is InChI=1S/C19H20N2O2S/c22-18-9-15-11-21(19(23)17-7-4-8-24-17)13-16(15)12-20(18)10-14-5-2-1-3-6-14/h1-8,15-16H,9-13H2/t15-,16+/m0/s1. The fraction of sp³-hybridized carbons (Fsp3) is 0.368. The minimum atomic E-state index is 0.112. The predicted octanol–water partition coefficient (Wildman–Crippen LogP) is 2.87. The van der Waals surface area contributed by atoms with Gasteiger partial charge < -0.3 is 9.80 Å². The number of fused-ring (bicyclic) bond motifs is 1. The van der Waals surface area contributed by atoms with Gasteiger partial charge in [0.25, 0.3) is 5.91 Å². The van der Waals surface area contributed by atoms with Crippen molar-refractivity contribution >= 4 is 23.2 Å². The topological polar surface area (TPSA) is 40.6 Å². The van der Waals surface area contributed by atoms with Crippen LogP contribution in [0.4, 0.5) is 0 Å². The van der Waals surface area contributed by atoms with Crippen molar-refractivity contribution in [3.05, 3.63) is 58.3 Å². The molecule has 1 aromatic carbocycles. The number of likely N-dealkylation sites (tertiary alicyclic amines) is 2. The summed E-state index contributed by atoms with van der Waals surface area (Å²) in [7, 11) is 0. The van der Waals surface area contributed by atoms with Gasteiger partial charge in [-0.3, -0.25) is 9.59 Å². The van der Waals surface area contributed by atoms with E-state index >= 15 is 0 Å². The zero-order valence-electron chi connectivity index (χ0n) is 13.4. The number of hydrogen-bond donors (Lipinski definition) is 0. The van der Waals surface area contributed by atoms with E-state index in [-0.39, 0.29) is 11.8 Å². The molecule has 2 aliphatic rings. The summed E-state index contributed by atoms with van der Waals surface area (Å²) in [4.78, 5) is 29.7. The molecule has 2 atom stereocenters. The number of piperidine rings is 1. The number of thiophene rings is 1. The molecule has 0 bridgehead atoms. The second kappa shape index (κ2) is 6.40. The fourth-order valence-electron chi connectivity index (χ4n) is 3.79. The van der Waals surface area contributed by atoms with E-state index in [1.807, 2.05) is 45.5 Å². The van der Waals surface area contributed by atoms with Crippen LogP contribution in [0.2, 0.25) is 0 Å². The Morgan fingerprint density at radius 2 is 1.83 bits per heavy atom. The SMILES string of the molecule is O=C1C[C@H]2CN(C(=O)c3cccs3)C[C@H]2CN1Cc1ccccc1. The number of carbonyl (C=O) groups is 2. The van der Waals surface area contributed by atoms with Crippen LogP contribution in [0.5, 0.6) is 0 Å². The van der Waals surface area contributed by atoms with Crippen molar-refractivity contribution in [2.75, 3.05) is 19.6 Å².